The first-order valence-corrected chi connectivity index (χ1v) is 7.12. The van der Waals surface area contributed by atoms with Crippen LogP contribution < -0.4 is 19.9 Å². The molecular formula is C15H22N2O3. The fourth-order valence-corrected chi connectivity index (χ4v) is 2.93. The minimum atomic E-state index is 0.269. The molecule has 0 saturated carbocycles. The molecule has 1 aromatic rings. The van der Waals surface area contributed by atoms with Crippen molar-refractivity contribution < 1.29 is 14.2 Å². The molecule has 0 aromatic heterocycles. The van der Waals surface area contributed by atoms with Crippen LogP contribution in [0.15, 0.2) is 12.1 Å². The van der Waals surface area contributed by atoms with E-state index in [0.29, 0.717) is 17.7 Å². The van der Waals surface area contributed by atoms with E-state index in [-0.39, 0.29) is 6.79 Å². The lowest BCUT2D eigenvalue weighted by atomic mass is 9.94. The SMILES string of the molecule is COc1cc(CN2CCC(N)C(C)C2)cc2c1OCO2. The predicted octanol–water partition coefficient (Wildman–Crippen LogP) is 1.59. The topological polar surface area (TPSA) is 57.0 Å². The van der Waals surface area contributed by atoms with E-state index >= 15 is 0 Å². The molecule has 110 valence electrons. The van der Waals surface area contributed by atoms with Gasteiger partial charge >= 0.3 is 0 Å². The second kappa shape index (κ2) is 5.50. The van der Waals surface area contributed by atoms with Crippen molar-refractivity contribution in [2.45, 2.75) is 25.9 Å². The largest absolute Gasteiger partial charge is 0.493 e. The molecule has 20 heavy (non-hydrogen) atoms. The van der Waals surface area contributed by atoms with Crippen molar-refractivity contribution in [3.63, 3.8) is 0 Å². The van der Waals surface area contributed by atoms with E-state index in [1.807, 2.05) is 12.1 Å². The van der Waals surface area contributed by atoms with Gasteiger partial charge in [-0.3, -0.25) is 4.90 Å². The van der Waals surface area contributed by atoms with Crippen LogP contribution in [0.4, 0.5) is 0 Å². The molecule has 5 heteroatoms. The number of piperidine rings is 1. The number of nitrogens with zero attached hydrogens (tertiary/aromatic N) is 1. The average molecular weight is 278 g/mol. The first-order chi connectivity index (χ1) is 9.67. The van der Waals surface area contributed by atoms with Crippen molar-refractivity contribution >= 4 is 0 Å². The molecule has 2 N–H and O–H groups in total. The zero-order valence-corrected chi connectivity index (χ0v) is 12.1. The van der Waals surface area contributed by atoms with Crippen LogP contribution in [0, 0.1) is 5.92 Å². The van der Waals surface area contributed by atoms with Gasteiger partial charge in [0.05, 0.1) is 7.11 Å². The van der Waals surface area contributed by atoms with Crippen LogP contribution in [0.5, 0.6) is 17.2 Å². The molecule has 1 fully saturated rings. The zero-order valence-electron chi connectivity index (χ0n) is 12.1. The molecule has 2 atom stereocenters. The van der Waals surface area contributed by atoms with Crippen molar-refractivity contribution in [1.29, 1.82) is 0 Å². The minimum Gasteiger partial charge on any atom is -0.493 e. The van der Waals surface area contributed by atoms with E-state index in [1.165, 1.54) is 5.56 Å². The summed E-state index contributed by atoms with van der Waals surface area (Å²) < 4.78 is 16.3. The maximum atomic E-state index is 6.07. The maximum Gasteiger partial charge on any atom is 0.231 e. The van der Waals surface area contributed by atoms with Gasteiger partial charge in [0.15, 0.2) is 11.5 Å². The monoisotopic (exact) mass is 278 g/mol. The summed E-state index contributed by atoms with van der Waals surface area (Å²) in [6.45, 7) is 5.46. The van der Waals surface area contributed by atoms with E-state index in [4.69, 9.17) is 19.9 Å². The Morgan fingerprint density at radius 1 is 1.40 bits per heavy atom. The van der Waals surface area contributed by atoms with Gasteiger partial charge in [0.2, 0.25) is 12.5 Å². The van der Waals surface area contributed by atoms with Gasteiger partial charge in [-0.15, -0.1) is 0 Å². The molecule has 1 aromatic carbocycles. The smallest absolute Gasteiger partial charge is 0.231 e. The van der Waals surface area contributed by atoms with Crippen LogP contribution in [0.25, 0.3) is 0 Å². The van der Waals surface area contributed by atoms with Crippen molar-refractivity contribution in [2.75, 3.05) is 27.0 Å². The van der Waals surface area contributed by atoms with Crippen LogP contribution in [0.3, 0.4) is 0 Å². The Hall–Kier alpha value is -1.46. The summed E-state index contributed by atoms with van der Waals surface area (Å²) in [6.07, 6.45) is 1.06. The number of nitrogens with two attached hydrogens (primary N) is 1. The lowest BCUT2D eigenvalue weighted by Gasteiger charge is -2.35. The van der Waals surface area contributed by atoms with Crippen molar-refractivity contribution in [3.8, 4) is 17.2 Å². The molecule has 1 saturated heterocycles. The van der Waals surface area contributed by atoms with Crippen molar-refractivity contribution in [2.24, 2.45) is 11.7 Å². The van der Waals surface area contributed by atoms with Gasteiger partial charge < -0.3 is 19.9 Å². The molecule has 2 aliphatic rings. The third-order valence-electron chi connectivity index (χ3n) is 4.18. The minimum absolute atomic E-state index is 0.269. The number of likely N-dealkylation sites (tertiary alicyclic amines) is 1. The number of methoxy groups -OCH3 is 1. The lowest BCUT2D eigenvalue weighted by molar-refractivity contribution is 0.157. The third-order valence-corrected chi connectivity index (χ3v) is 4.18. The predicted molar refractivity (Wildman–Crippen MR) is 76.2 cm³/mol. The van der Waals surface area contributed by atoms with Crippen LogP contribution >= 0.6 is 0 Å². The van der Waals surface area contributed by atoms with Gasteiger partial charge in [0.1, 0.15) is 0 Å². The molecule has 0 aliphatic carbocycles. The molecule has 0 spiro atoms. The first-order valence-electron chi connectivity index (χ1n) is 7.12. The van der Waals surface area contributed by atoms with Gasteiger partial charge in [-0.05, 0) is 36.6 Å². The molecule has 2 aliphatic heterocycles. The third kappa shape index (κ3) is 2.55. The highest BCUT2D eigenvalue weighted by molar-refractivity contribution is 5.55. The molecule has 5 nitrogen and oxygen atoms in total. The highest BCUT2D eigenvalue weighted by atomic mass is 16.7. The van der Waals surface area contributed by atoms with Crippen molar-refractivity contribution in [3.05, 3.63) is 17.7 Å². The molecule has 3 rings (SSSR count). The molecule has 2 unspecified atom stereocenters. The Balaban J connectivity index is 1.75. The van der Waals surface area contributed by atoms with E-state index in [2.05, 4.69) is 11.8 Å². The van der Waals surface area contributed by atoms with Gasteiger partial charge in [0.25, 0.3) is 0 Å². The highest BCUT2D eigenvalue weighted by Gasteiger charge is 2.25. The molecule has 0 bridgehead atoms. The number of fused-ring (bicyclic) bond motifs is 1. The Labute approximate surface area is 119 Å². The van der Waals surface area contributed by atoms with Gasteiger partial charge in [-0.25, -0.2) is 0 Å². The van der Waals surface area contributed by atoms with E-state index in [1.54, 1.807) is 7.11 Å². The van der Waals surface area contributed by atoms with Crippen molar-refractivity contribution in [1.82, 2.24) is 4.90 Å². The van der Waals surface area contributed by atoms with Gasteiger partial charge in [-0.2, -0.15) is 0 Å². The fraction of sp³-hybridized carbons (Fsp3) is 0.600. The Morgan fingerprint density at radius 3 is 3.00 bits per heavy atom. The average Bonchev–Trinajstić information content (AvgIpc) is 2.90. The second-order valence-electron chi connectivity index (χ2n) is 5.70. The summed E-state index contributed by atoms with van der Waals surface area (Å²) in [6, 6.07) is 4.41. The number of rotatable bonds is 3. The Kier molecular flexibility index (Phi) is 3.72. The summed E-state index contributed by atoms with van der Waals surface area (Å²) in [4.78, 5) is 2.44. The van der Waals surface area contributed by atoms with E-state index in [9.17, 15) is 0 Å². The van der Waals surface area contributed by atoms with Gasteiger partial charge in [-0.1, -0.05) is 6.92 Å². The molecule has 2 heterocycles. The molecular weight excluding hydrogens is 256 g/mol. The quantitative estimate of drug-likeness (QED) is 0.910. The van der Waals surface area contributed by atoms with Gasteiger partial charge in [0, 0.05) is 19.1 Å². The molecule has 0 amide bonds. The van der Waals surface area contributed by atoms with E-state index in [0.717, 1.165) is 37.6 Å². The van der Waals surface area contributed by atoms with E-state index < -0.39 is 0 Å². The number of ether oxygens (including phenoxy) is 3. The zero-order chi connectivity index (χ0) is 14.1. The van der Waals surface area contributed by atoms with Crippen LogP contribution in [0.2, 0.25) is 0 Å². The van der Waals surface area contributed by atoms with Crippen LogP contribution in [0.1, 0.15) is 18.9 Å². The number of benzene rings is 1. The summed E-state index contributed by atoms with van der Waals surface area (Å²) >= 11 is 0. The first kappa shape index (κ1) is 13.5. The number of hydrogen-bond acceptors (Lipinski definition) is 5. The Bertz CT molecular complexity index is 492. The number of hydrogen-bond donors (Lipinski definition) is 1. The fourth-order valence-electron chi connectivity index (χ4n) is 2.93. The summed E-state index contributed by atoms with van der Waals surface area (Å²) in [5.74, 6) is 2.78. The standard InChI is InChI=1S/C15H22N2O3/c1-10-7-17(4-3-12(10)16)8-11-5-13(18-2)15-14(6-11)19-9-20-15/h5-6,10,12H,3-4,7-9,16H2,1-2H3. The maximum absolute atomic E-state index is 6.07. The lowest BCUT2D eigenvalue weighted by Crippen LogP contribution is -2.45. The summed E-state index contributed by atoms with van der Waals surface area (Å²) in [5, 5.41) is 0. The highest BCUT2D eigenvalue weighted by Crippen LogP contribution is 2.42. The van der Waals surface area contributed by atoms with Crippen LogP contribution in [-0.2, 0) is 6.54 Å². The molecule has 0 radical (unpaired) electrons. The second-order valence-corrected chi connectivity index (χ2v) is 5.70. The normalized spacial score (nSPS) is 25.8. The summed E-state index contributed by atoms with van der Waals surface area (Å²) in [5.41, 5.74) is 7.26. The summed E-state index contributed by atoms with van der Waals surface area (Å²) in [7, 11) is 1.66. The van der Waals surface area contributed by atoms with Crippen LogP contribution in [-0.4, -0.2) is 37.9 Å². The Morgan fingerprint density at radius 2 is 2.25 bits per heavy atom.